The predicted molar refractivity (Wildman–Crippen MR) is 116 cm³/mol. The molecule has 2 heterocycles. The van der Waals surface area contributed by atoms with Gasteiger partial charge in [0.15, 0.2) is 0 Å². The van der Waals surface area contributed by atoms with Gasteiger partial charge >= 0.3 is 6.09 Å². The van der Waals surface area contributed by atoms with Gasteiger partial charge in [-0.2, -0.15) is 0 Å². The van der Waals surface area contributed by atoms with Crippen molar-refractivity contribution in [2.75, 3.05) is 26.8 Å². The van der Waals surface area contributed by atoms with Gasteiger partial charge in [0.05, 0.1) is 11.9 Å². The van der Waals surface area contributed by atoms with E-state index in [1.165, 1.54) is 0 Å². The molecule has 1 N–H and O–H groups in total. The molecule has 1 aromatic heterocycles. The number of carbonyl (C=O) groups excluding carboxylic acids is 1. The van der Waals surface area contributed by atoms with Crippen LogP contribution in [0.15, 0.2) is 34.9 Å². The minimum Gasteiger partial charge on any atom is -0.464 e. The molecule has 1 aromatic carbocycles. The van der Waals surface area contributed by atoms with E-state index >= 15 is 0 Å². The number of furan rings is 1. The van der Waals surface area contributed by atoms with Crippen molar-refractivity contribution in [3.63, 3.8) is 0 Å². The summed E-state index contributed by atoms with van der Waals surface area (Å²) >= 11 is 0. The second-order valence-electron chi connectivity index (χ2n) is 9.28. The van der Waals surface area contributed by atoms with Gasteiger partial charge in [0.2, 0.25) is 0 Å². The molecule has 0 bridgehead atoms. The van der Waals surface area contributed by atoms with E-state index < -0.39 is 11.2 Å². The van der Waals surface area contributed by atoms with Crippen LogP contribution in [0.3, 0.4) is 0 Å². The highest BCUT2D eigenvalue weighted by Gasteiger charge is 2.43. The van der Waals surface area contributed by atoms with Gasteiger partial charge in [-0.25, -0.2) is 4.79 Å². The Bertz CT molecular complexity index is 839. The smallest absolute Gasteiger partial charge is 0.410 e. The first-order valence-electron chi connectivity index (χ1n) is 10.9. The molecule has 0 unspecified atom stereocenters. The Kier molecular flexibility index (Phi) is 7.09. The highest BCUT2D eigenvalue weighted by atomic mass is 16.6. The molecule has 0 saturated carbocycles. The lowest BCUT2D eigenvalue weighted by Gasteiger charge is -2.43. The lowest BCUT2D eigenvalue weighted by molar-refractivity contribution is -0.0637. The van der Waals surface area contributed by atoms with E-state index in [1.807, 2.05) is 45.0 Å². The van der Waals surface area contributed by atoms with Gasteiger partial charge in [0, 0.05) is 43.7 Å². The van der Waals surface area contributed by atoms with E-state index in [1.54, 1.807) is 18.3 Å². The number of likely N-dealkylation sites (tertiary alicyclic amines) is 1. The molecule has 30 heavy (non-hydrogen) atoms. The summed E-state index contributed by atoms with van der Waals surface area (Å²) in [7, 11) is 1.69. The number of ether oxygens (including phenoxy) is 2. The zero-order valence-corrected chi connectivity index (χ0v) is 18.6. The third-order valence-corrected chi connectivity index (χ3v) is 5.85. The van der Waals surface area contributed by atoms with Crippen LogP contribution >= 0.6 is 0 Å². The van der Waals surface area contributed by atoms with Gasteiger partial charge < -0.3 is 23.9 Å². The Morgan fingerprint density at radius 1 is 1.27 bits per heavy atom. The number of para-hydroxylation sites is 1. The van der Waals surface area contributed by atoms with Gasteiger partial charge in [-0.1, -0.05) is 18.2 Å². The van der Waals surface area contributed by atoms with E-state index in [4.69, 9.17) is 13.9 Å². The summed E-state index contributed by atoms with van der Waals surface area (Å²) in [5.74, 6) is -0.1000. The Balaban J connectivity index is 1.88. The maximum absolute atomic E-state index is 12.7. The number of unbranched alkanes of at least 4 members (excludes halogenated alkanes) is 1. The molecule has 1 aliphatic rings. The van der Waals surface area contributed by atoms with Crippen LogP contribution in [0.1, 0.15) is 58.4 Å². The average Bonchev–Trinajstić information content (AvgIpc) is 3.19. The molecular formula is C24H35NO5. The number of aliphatic hydroxyl groups is 1. The Labute approximate surface area is 179 Å². The summed E-state index contributed by atoms with van der Waals surface area (Å²) < 4.78 is 16.5. The van der Waals surface area contributed by atoms with Crippen LogP contribution in [0.2, 0.25) is 0 Å². The molecule has 0 spiro atoms. The zero-order valence-electron chi connectivity index (χ0n) is 18.6. The normalized spacial score (nSPS) is 19.6. The summed E-state index contributed by atoms with van der Waals surface area (Å²) in [6.45, 7) is 7.39. The van der Waals surface area contributed by atoms with Crippen LogP contribution in [0, 0.1) is 5.92 Å². The molecule has 2 atom stereocenters. The molecule has 0 aliphatic carbocycles. The molecule has 3 rings (SSSR count). The fraction of sp³-hybridized carbons (Fsp3) is 0.625. The Hall–Kier alpha value is -2.05. The number of carbonyl (C=O) groups is 1. The van der Waals surface area contributed by atoms with Crippen molar-refractivity contribution in [3.05, 3.63) is 36.1 Å². The van der Waals surface area contributed by atoms with Crippen LogP contribution in [0.4, 0.5) is 4.79 Å². The summed E-state index contributed by atoms with van der Waals surface area (Å²) in [5, 5.41) is 13.1. The van der Waals surface area contributed by atoms with Crippen molar-refractivity contribution in [2.45, 2.75) is 64.1 Å². The van der Waals surface area contributed by atoms with E-state index in [-0.39, 0.29) is 12.0 Å². The van der Waals surface area contributed by atoms with Crippen molar-refractivity contribution in [1.29, 1.82) is 0 Å². The largest absolute Gasteiger partial charge is 0.464 e. The van der Waals surface area contributed by atoms with E-state index in [0.717, 1.165) is 42.2 Å². The molecule has 1 amide bonds. The monoisotopic (exact) mass is 417 g/mol. The van der Waals surface area contributed by atoms with Crippen LogP contribution in [-0.2, 0) is 15.1 Å². The molecule has 166 valence electrons. The number of nitrogens with zero attached hydrogens (tertiary/aromatic N) is 1. The summed E-state index contributed by atoms with van der Waals surface area (Å²) in [5.41, 5.74) is -0.106. The van der Waals surface area contributed by atoms with Crippen LogP contribution in [0.5, 0.6) is 0 Å². The lowest BCUT2D eigenvalue weighted by atomic mass is 9.73. The van der Waals surface area contributed by atoms with Crippen molar-refractivity contribution in [2.24, 2.45) is 5.92 Å². The van der Waals surface area contributed by atoms with Gasteiger partial charge in [0.25, 0.3) is 0 Å². The first-order chi connectivity index (χ1) is 14.2. The van der Waals surface area contributed by atoms with Crippen molar-refractivity contribution in [3.8, 4) is 0 Å². The molecule has 0 radical (unpaired) electrons. The fourth-order valence-corrected chi connectivity index (χ4v) is 4.39. The van der Waals surface area contributed by atoms with Gasteiger partial charge in [-0.3, -0.25) is 0 Å². The SMILES string of the molecule is COCCCC[C@@](O)(c1cccc2ccoc12)[C@@H]1CCCN(C(=O)OC(C)(C)C)C1. The van der Waals surface area contributed by atoms with Crippen LogP contribution < -0.4 is 0 Å². The van der Waals surface area contributed by atoms with Crippen molar-refractivity contribution < 1.29 is 23.8 Å². The first-order valence-corrected chi connectivity index (χ1v) is 10.9. The van der Waals surface area contributed by atoms with Crippen molar-refractivity contribution in [1.82, 2.24) is 4.90 Å². The predicted octanol–water partition coefficient (Wildman–Crippen LogP) is 5.08. The number of amides is 1. The van der Waals surface area contributed by atoms with Crippen LogP contribution in [-0.4, -0.2) is 48.5 Å². The third kappa shape index (κ3) is 5.16. The molecule has 6 nitrogen and oxygen atoms in total. The molecule has 1 saturated heterocycles. The highest BCUT2D eigenvalue weighted by molar-refractivity contribution is 5.81. The Morgan fingerprint density at radius 2 is 2.07 bits per heavy atom. The number of hydrogen-bond donors (Lipinski definition) is 1. The first kappa shape index (κ1) is 22.6. The topological polar surface area (TPSA) is 72.1 Å². The van der Waals surface area contributed by atoms with Gasteiger partial charge in [0.1, 0.15) is 11.2 Å². The highest BCUT2D eigenvalue weighted by Crippen LogP contribution is 2.42. The lowest BCUT2D eigenvalue weighted by Crippen LogP contribution is -2.49. The number of fused-ring (bicyclic) bond motifs is 1. The quantitative estimate of drug-likeness (QED) is 0.636. The van der Waals surface area contributed by atoms with E-state index in [2.05, 4.69) is 0 Å². The van der Waals surface area contributed by atoms with Crippen molar-refractivity contribution >= 4 is 17.1 Å². The summed E-state index contributed by atoms with van der Waals surface area (Å²) in [6, 6.07) is 7.82. The Morgan fingerprint density at radius 3 is 2.80 bits per heavy atom. The van der Waals surface area contributed by atoms with E-state index in [0.29, 0.717) is 26.1 Å². The van der Waals surface area contributed by atoms with Gasteiger partial charge in [-0.15, -0.1) is 0 Å². The maximum atomic E-state index is 12.7. The number of methoxy groups -OCH3 is 1. The number of rotatable bonds is 7. The van der Waals surface area contributed by atoms with E-state index in [9.17, 15) is 9.90 Å². The summed E-state index contributed by atoms with van der Waals surface area (Å²) in [6.07, 6.45) is 5.30. The third-order valence-electron chi connectivity index (χ3n) is 5.85. The van der Waals surface area contributed by atoms with Crippen LogP contribution in [0.25, 0.3) is 11.0 Å². The standard InChI is InChI=1S/C24H35NO5/c1-23(2,3)30-22(26)25-14-8-10-19(17-25)24(27,13-5-6-15-28-4)20-11-7-9-18-12-16-29-21(18)20/h7,9,11-12,16,19,27H,5-6,8,10,13-15,17H2,1-4H3/t19-,24+/m1/s1. The molecular weight excluding hydrogens is 382 g/mol. The fourth-order valence-electron chi connectivity index (χ4n) is 4.39. The molecule has 1 fully saturated rings. The minimum atomic E-state index is -1.09. The molecule has 6 heteroatoms. The molecule has 2 aromatic rings. The number of piperidine rings is 1. The minimum absolute atomic E-state index is 0.1000. The summed E-state index contributed by atoms with van der Waals surface area (Å²) in [4.78, 5) is 14.4. The second-order valence-corrected chi connectivity index (χ2v) is 9.28. The zero-order chi connectivity index (χ0) is 21.8. The second kappa shape index (κ2) is 9.40. The number of benzene rings is 1. The number of hydrogen-bond acceptors (Lipinski definition) is 5. The maximum Gasteiger partial charge on any atom is 0.410 e. The average molecular weight is 418 g/mol. The molecule has 1 aliphatic heterocycles. The van der Waals surface area contributed by atoms with Gasteiger partial charge in [-0.05, 0) is 58.9 Å².